The predicted molar refractivity (Wildman–Crippen MR) is 92.8 cm³/mol. The van der Waals surface area contributed by atoms with Crippen molar-refractivity contribution < 1.29 is 9.57 Å². The van der Waals surface area contributed by atoms with Gasteiger partial charge in [0.05, 0.1) is 20.4 Å². The molecular formula is C18H27NO2Si. The third-order valence-corrected chi connectivity index (χ3v) is 10.7. The first-order valence-corrected chi connectivity index (χ1v) is 11.5. The molecule has 3 nitrogen and oxygen atoms in total. The fraction of sp³-hybridized carbons (Fsp3) is 0.611. The SMILES string of the molecule is C[C@@H]1C2=NOC[C@H]2[Si](C)(C)[C@H]1[C@@H](C)COCc1ccccc1. The molecule has 2 heterocycles. The lowest BCUT2D eigenvalue weighted by Crippen LogP contribution is -2.39. The van der Waals surface area contributed by atoms with Crippen molar-refractivity contribution in [2.24, 2.45) is 17.0 Å². The topological polar surface area (TPSA) is 30.8 Å². The normalized spacial score (nSPS) is 30.5. The smallest absolute Gasteiger partial charge is 0.122 e. The Kier molecular flexibility index (Phi) is 4.41. The summed E-state index contributed by atoms with van der Waals surface area (Å²) in [6, 6.07) is 10.4. The van der Waals surface area contributed by atoms with Gasteiger partial charge in [-0.25, -0.2) is 0 Å². The monoisotopic (exact) mass is 317 g/mol. The van der Waals surface area contributed by atoms with E-state index in [1.165, 1.54) is 11.3 Å². The van der Waals surface area contributed by atoms with Gasteiger partial charge in [0, 0.05) is 12.1 Å². The van der Waals surface area contributed by atoms with Gasteiger partial charge >= 0.3 is 0 Å². The van der Waals surface area contributed by atoms with E-state index in [1.54, 1.807) is 0 Å². The van der Waals surface area contributed by atoms with Crippen LogP contribution < -0.4 is 0 Å². The molecule has 0 unspecified atom stereocenters. The highest BCUT2D eigenvalue weighted by atomic mass is 28.3. The standard InChI is InChI=1S/C18H27NO2Si/c1-13(10-20-11-15-8-6-5-7-9-15)18-14(2)17-16(12-21-19-17)22(18,3)4/h5-9,13-14,16,18H,10-12H2,1-4H3/t13-,14+,16+,18-/m0/s1. The van der Waals surface area contributed by atoms with E-state index >= 15 is 0 Å². The Balaban J connectivity index is 1.61. The molecule has 1 aromatic rings. The van der Waals surface area contributed by atoms with Crippen LogP contribution >= 0.6 is 0 Å². The average molecular weight is 318 g/mol. The van der Waals surface area contributed by atoms with E-state index in [2.05, 4.69) is 56.4 Å². The molecule has 22 heavy (non-hydrogen) atoms. The Morgan fingerprint density at radius 2 is 2.05 bits per heavy atom. The van der Waals surface area contributed by atoms with Crippen LogP contribution in [0.15, 0.2) is 35.5 Å². The van der Waals surface area contributed by atoms with Gasteiger partial charge in [0.2, 0.25) is 0 Å². The second-order valence-electron chi connectivity index (χ2n) is 7.48. The quantitative estimate of drug-likeness (QED) is 0.757. The molecule has 4 atom stereocenters. The minimum atomic E-state index is -1.39. The van der Waals surface area contributed by atoms with E-state index in [0.717, 1.165) is 18.8 Å². The Morgan fingerprint density at radius 3 is 2.73 bits per heavy atom. The first kappa shape index (κ1) is 15.8. The molecule has 2 aliphatic heterocycles. The molecule has 0 bridgehead atoms. The minimum absolute atomic E-state index is 0.546. The predicted octanol–water partition coefficient (Wildman–Crippen LogP) is 4.32. The summed E-state index contributed by atoms with van der Waals surface area (Å²) in [5.41, 5.74) is 3.93. The molecule has 120 valence electrons. The lowest BCUT2D eigenvalue weighted by Gasteiger charge is -2.34. The van der Waals surface area contributed by atoms with E-state index < -0.39 is 8.07 Å². The largest absolute Gasteiger partial charge is 0.395 e. The van der Waals surface area contributed by atoms with Crippen LogP contribution in [0.5, 0.6) is 0 Å². The minimum Gasteiger partial charge on any atom is -0.395 e. The van der Waals surface area contributed by atoms with Crippen LogP contribution in [0.3, 0.4) is 0 Å². The molecule has 2 aliphatic rings. The maximum atomic E-state index is 6.01. The van der Waals surface area contributed by atoms with Crippen molar-refractivity contribution in [3.05, 3.63) is 35.9 Å². The van der Waals surface area contributed by atoms with Crippen LogP contribution in [-0.4, -0.2) is 27.0 Å². The van der Waals surface area contributed by atoms with Gasteiger partial charge in [-0.05, 0) is 22.9 Å². The molecule has 0 amide bonds. The van der Waals surface area contributed by atoms with Crippen LogP contribution in [-0.2, 0) is 16.2 Å². The number of nitrogens with zero attached hydrogens (tertiary/aromatic N) is 1. The number of oxime groups is 1. The van der Waals surface area contributed by atoms with E-state index in [9.17, 15) is 0 Å². The van der Waals surface area contributed by atoms with E-state index in [0.29, 0.717) is 24.0 Å². The number of fused-ring (bicyclic) bond motifs is 1. The highest BCUT2D eigenvalue weighted by Crippen LogP contribution is 2.54. The first-order chi connectivity index (χ1) is 10.5. The third kappa shape index (κ3) is 2.74. The highest BCUT2D eigenvalue weighted by molar-refractivity contribution is 6.85. The van der Waals surface area contributed by atoms with Gasteiger partial charge in [-0.15, -0.1) is 0 Å². The van der Waals surface area contributed by atoms with Crippen molar-refractivity contribution in [2.75, 3.05) is 13.2 Å². The molecule has 4 heteroatoms. The second kappa shape index (κ2) is 6.17. The van der Waals surface area contributed by atoms with Crippen molar-refractivity contribution in [3.8, 4) is 0 Å². The van der Waals surface area contributed by atoms with Gasteiger partial charge in [-0.2, -0.15) is 0 Å². The average Bonchev–Trinajstić information content (AvgIpc) is 3.04. The van der Waals surface area contributed by atoms with E-state index in [1.807, 2.05) is 6.07 Å². The van der Waals surface area contributed by atoms with Gasteiger partial charge in [-0.3, -0.25) is 0 Å². The van der Waals surface area contributed by atoms with E-state index in [4.69, 9.17) is 9.57 Å². The van der Waals surface area contributed by atoms with Crippen molar-refractivity contribution in [1.29, 1.82) is 0 Å². The van der Waals surface area contributed by atoms with Crippen LogP contribution in [0.2, 0.25) is 24.2 Å². The van der Waals surface area contributed by atoms with Crippen molar-refractivity contribution in [2.45, 2.75) is 44.6 Å². The zero-order chi connectivity index (χ0) is 15.7. The van der Waals surface area contributed by atoms with Crippen molar-refractivity contribution >= 4 is 13.8 Å². The maximum Gasteiger partial charge on any atom is 0.122 e. The Bertz CT molecular complexity index is 543. The van der Waals surface area contributed by atoms with Crippen molar-refractivity contribution in [1.82, 2.24) is 0 Å². The van der Waals surface area contributed by atoms with Gasteiger partial charge in [-0.1, -0.05) is 62.4 Å². The summed E-state index contributed by atoms with van der Waals surface area (Å²) in [5, 5.41) is 4.35. The molecule has 1 aromatic carbocycles. The summed E-state index contributed by atoms with van der Waals surface area (Å²) in [6.07, 6.45) is 0. The van der Waals surface area contributed by atoms with Gasteiger partial charge in [0.15, 0.2) is 0 Å². The van der Waals surface area contributed by atoms with E-state index in [-0.39, 0.29) is 0 Å². The molecule has 1 fully saturated rings. The summed E-state index contributed by atoms with van der Waals surface area (Å²) in [7, 11) is -1.39. The fourth-order valence-electron chi connectivity index (χ4n) is 4.66. The summed E-state index contributed by atoms with van der Waals surface area (Å²) >= 11 is 0. The highest BCUT2D eigenvalue weighted by Gasteiger charge is 2.56. The summed E-state index contributed by atoms with van der Waals surface area (Å²) in [4.78, 5) is 5.38. The molecule has 0 aliphatic carbocycles. The molecule has 0 radical (unpaired) electrons. The van der Waals surface area contributed by atoms with Crippen LogP contribution in [0, 0.1) is 11.8 Å². The van der Waals surface area contributed by atoms with Crippen LogP contribution in [0.25, 0.3) is 0 Å². The number of hydrogen-bond donors (Lipinski definition) is 0. The molecule has 0 aromatic heterocycles. The molecule has 0 saturated carbocycles. The Morgan fingerprint density at radius 1 is 1.32 bits per heavy atom. The number of ether oxygens (including phenoxy) is 1. The molecular weight excluding hydrogens is 290 g/mol. The van der Waals surface area contributed by atoms with Crippen LogP contribution in [0.4, 0.5) is 0 Å². The lowest BCUT2D eigenvalue weighted by atomic mass is 9.92. The van der Waals surface area contributed by atoms with Gasteiger partial charge < -0.3 is 9.57 Å². The molecule has 3 rings (SSSR count). The summed E-state index contributed by atoms with van der Waals surface area (Å²) < 4.78 is 6.01. The van der Waals surface area contributed by atoms with Gasteiger partial charge in [0.1, 0.15) is 6.61 Å². The van der Waals surface area contributed by atoms with Crippen LogP contribution in [0.1, 0.15) is 19.4 Å². The molecule has 0 spiro atoms. The number of rotatable bonds is 5. The molecule has 1 saturated heterocycles. The zero-order valence-corrected chi connectivity index (χ0v) is 15.1. The fourth-order valence-corrected chi connectivity index (χ4v) is 9.73. The number of hydrogen-bond acceptors (Lipinski definition) is 3. The third-order valence-electron chi connectivity index (χ3n) is 5.64. The first-order valence-electron chi connectivity index (χ1n) is 8.33. The number of benzene rings is 1. The second-order valence-corrected chi connectivity index (χ2v) is 12.5. The summed E-state index contributed by atoms with van der Waals surface area (Å²) in [5.74, 6) is 1.12. The van der Waals surface area contributed by atoms with Crippen molar-refractivity contribution in [3.63, 3.8) is 0 Å². The Labute approximate surface area is 134 Å². The molecule has 0 N–H and O–H groups in total. The van der Waals surface area contributed by atoms with Gasteiger partial charge in [0.25, 0.3) is 0 Å². The lowest BCUT2D eigenvalue weighted by molar-refractivity contribution is 0.0866. The Hall–Kier alpha value is -1.13. The zero-order valence-electron chi connectivity index (χ0n) is 14.1. The maximum absolute atomic E-state index is 6.01. The summed E-state index contributed by atoms with van der Waals surface area (Å²) in [6.45, 7) is 12.0.